The fourth-order valence-corrected chi connectivity index (χ4v) is 0.750. The standard InChI is InChI=1S/C7H17N.CH4O3S/c1-4-7(8,5-2)6-3;1-4-5(2)3/h4-6,8H2,1-3H3;1H3,(H,2,3). The van der Waals surface area contributed by atoms with Gasteiger partial charge in [0.1, 0.15) is 0 Å². The number of hydrogen-bond donors (Lipinski definition) is 2. The lowest BCUT2D eigenvalue weighted by Gasteiger charge is -2.23. The second-order valence-corrected chi connectivity index (χ2v) is 3.57. The predicted molar refractivity (Wildman–Crippen MR) is 55.6 cm³/mol. The molecule has 0 aliphatic carbocycles. The van der Waals surface area contributed by atoms with Crippen LogP contribution in [0.4, 0.5) is 0 Å². The molecule has 1 unspecified atom stereocenters. The SMILES string of the molecule is CCC(N)(CC)CC.COS(=O)O. The zero-order valence-corrected chi connectivity index (χ0v) is 9.69. The number of hydrogen-bond acceptors (Lipinski definition) is 3. The summed E-state index contributed by atoms with van der Waals surface area (Å²) in [4.78, 5) is 0. The Morgan fingerprint density at radius 3 is 1.54 bits per heavy atom. The smallest absolute Gasteiger partial charge is 0.301 e. The first kappa shape index (κ1) is 15.5. The van der Waals surface area contributed by atoms with Crippen molar-refractivity contribution in [3.8, 4) is 0 Å². The molecule has 4 nitrogen and oxygen atoms in total. The molecule has 3 N–H and O–H groups in total. The van der Waals surface area contributed by atoms with Crippen LogP contribution in [-0.2, 0) is 15.5 Å². The van der Waals surface area contributed by atoms with E-state index >= 15 is 0 Å². The van der Waals surface area contributed by atoms with Gasteiger partial charge in [-0.25, -0.2) is 0 Å². The second kappa shape index (κ2) is 8.62. The fraction of sp³-hybridized carbons (Fsp3) is 1.00. The maximum Gasteiger partial charge on any atom is 0.301 e. The molecule has 0 amide bonds. The van der Waals surface area contributed by atoms with Crippen molar-refractivity contribution in [1.82, 2.24) is 0 Å². The van der Waals surface area contributed by atoms with Gasteiger partial charge in [0.25, 0.3) is 0 Å². The summed E-state index contributed by atoms with van der Waals surface area (Å²) in [7, 11) is 1.15. The number of nitrogens with two attached hydrogens (primary N) is 1. The molecule has 0 saturated heterocycles. The third kappa shape index (κ3) is 9.95. The first-order valence-corrected chi connectivity index (χ1v) is 5.43. The van der Waals surface area contributed by atoms with E-state index < -0.39 is 11.4 Å². The van der Waals surface area contributed by atoms with E-state index in [1.807, 2.05) is 0 Å². The van der Waals surface area contributed by atoms with Gasteiger partial charge in [-0.05, 0) is 19.3 Å². The van der Waals surface area contributed by atoms with Crippen molar-refractivity contribution < 1.29 is 12.9 Å². The van der Waals surface area contributed by atoms with Crippen molar-refractivity contribution in [2.24, 2.45) is 5.73 Å². The van der Waals surface area contributed by atoms with Crippen LogP contribution in [0.3, 0.4) is 0 Å². The van der Waals surface area contributed by atoms with Crippen LogP contribution in [0.5, 0.6) is 0 Å². The zero-order chi connectivity index (χ0) is 10.9. The van der Waals surface area contributed by atoms with Gasteiger partial charge in [-0.1, -0.05) is 20.8 Å². The van der Waals surface area contributed by atoms with E-state index in [0.717, 1.165) is 26.4 Å². The largest absolute Gasteiger partial charge is 0.325 e. The van der Waals surface area contributed by atoms with Crippen LogP contribution in [0, 0.1) is 0 Å². The monoisotopic (exact) mass is 211 g/mol. The first-order chi connectivity index (χ1) is 5.95. The van der Waals surface area contributed by atoms with Crippen LogP contribution in [0.15, 0.2) is 0 Å². The molecule has 0 rings (SSSR count). The summed E-state index contributed by atoms with van der Waals surface area (Å²) in [5.41, 5.74) is 6.02. The van der Waals surface area contributed by atoms with Crippen LogP contribution in [0.2, 0.25) is 0 Å². The maximum atomic E-state index is 9.26. The van der Waals surface area contributed by atoms with Crippen LogP contribution < -0.4 is 5.73 Å². The molecule has 5 heteroatoms. The maximum absolute atomic E-state index is 9.26. The second-order valence-electron chi connectivity index (χ2n) is 2.81. The Hall–Kier alpha value is 0.0300. The molecule has 0 heterocycles. The highest BCUT2D eigenvalue weighted by Gasteiger charge is 2.15. The molecule has 82 valence electrons. The average Bonchev–Trinajstić information content (AvgIpc) is 2.17. The lowest BCUT2D eigenvalue weighted by molar-refractivity contribution is 0.379. The molecular weight excluding hydrogens is 190 g/mol. The molecule has 0 aromatic heterocycles. The van der Waals surface area contributed by atoms with Gasteiger partial charge >= 0.3 is 11.4 Å². The van der Waals surface area contributed by atoms with Crippen molar-refractivity contribution in [3.05, 3.63) is 0 Å². The van der Waals surface area contributed by atoms with Gasteiger partial charge in [0.15, 0.2) is 0 Å². The van der Waals surface area contributed by atoms with Crippen molar-refractivity contribution >= 4 is 11.4 Å². The van der Waals surface area contributed by atoms with E-state index in [1.54, 1.807) is 0 Å². The quantitative estimate of drug-likeness (QED) is 0.694. The van der Waals surface area contributed by atoms with Gasteiger partial charge < -0.3 is 5.73 Å². The van der Waals surface area contributed by atoms with Crippen molar-refractivity contribution in [1.29, 1.82) is 0 Å². The average molecular weight is 211 g/mol. The van der Waals surface area contributed by atoms with Crippen molar-refractivity contribution in [2.45, 2.75) is 45.6 Å². The lowest BCUT2D eigenvalue weighted by Crippen LogP contribution is -2.37. The minimum absolute atomic E-state index is 0.125. The highest BCUT2D eigenvalue weighted by molar-refractivity contribution is 7.74. The van der Waals surface area contributed by atoms with Crippen LogP contribution in [-0.4, -0.2) is 21.4 Å². The Kier molecular flexibility index (Phi) is 10.3. The molecule has 0 spiro atoms. The minimum atomic E-state index is -2.07. The van der Waals surface area contributed by atoms with E-state index in [2.05, 4.69) is 25.0 Å². The van der Waals surface area contributed by atoms with Crippen molar-refractivity contribution in [3.63, 3.8) is 0 Å². The van der Waals surface area contributed by atoms with Gasteiger partial charge in [0.05, 0.1) is 7.11 Å². The topological polar surface area (TPSA) is 72.5 Å². The molecule has 0 radical (unpaired) electrons. The summed E-state index contributed by atoms with van der Waals surface area (Å²) in [6.45, 7) is 6.44. The molecule has 0 aliphatic rings. The van der Waals surface area contributed by atoms with Crippen LogP contribution in [0.25, 0.3) is 0 Å². The third-order valence-electron chi connectivity index (χ3n) is 2.25. The number of rotatable bonds is 4. The van der Waals surface area contributed by atoms with E-state index in [9.17, 15) is 4.21 Å². The Labute approximate surface area is 83.3 Å². The molecule has 0 aromatic carbocycles. The molecule has 1 atom stereocenters. The van der Waals surface area contributed by atoms with Gasteiger partial charge in [-0.15, -0.1) is 0 Å². The highest BCUT2D eigenvalue weighted by atomic mass is 32.2. The van der Waals surface area contributed by atoms with Crippen LogP contribution >= 0.6 is 0 Å². The predicted octanol–water partition coefficient (Wildman–Crippen LogP) is 1.68. The van der Waals surface area contributed by atoms with Gasteiger partial charge in [0, 0.05) is 5.54 Å². The fourth-order valence-electron chi connectivity index (χ4n) is 0.750. The van der Waals surface area contributed by atoms with Crippen LogP contribution in [0.1, 0.15) is 40.0 Å². The molecule has 0 bridgehead atoms. The Morgan fingerprint density at radius 1 is 1.31 bits per heavy atom. The molecule has 0 fully saturated rings. The minimum Gasteiger partial charge on any atom is -0.325 e. The first-order valence-electron chi connectivity index (χ1n) is 4.39. The van der Waals surface area contributed by atoms with Gasteiger partial charge in [0.2, 0.25) is 0 Å². The van der Waals surface area contributed by atoms with Crippen molar-refractivity contribution in [2.75, 3.05) is 7.11 Å². The summed E-state index contributed by atoms with van der Waals surface area (Å²) in [5, 5.41) is 0. The normalized spacial score (nSPS) is 13.1. The molecule has 13 heavy (non-hydrogen) atoms. The Morgan fingerprint density at radius 2 is 1.54 bits per heavy atom. The highest BCUT2D eigenvalue weighted by Crippen LogP contribution is 2.14. The summed E-state index contributed by atoms with van der Waals surface area (Å²) < 4.78 is 20.6. The Bertz CT molecular complexity index is 129. The van der Waals surface area contributed by atoms with E-state index in [4.69, 9.17) is 10.3 Å². The lowest BCUT2D eigenvalue weighted by atomic mass is 9.92. The summed E-state index contributed by atoms with van der Waals surface area (Å²) in [5.74, 6) is 0. The molecule has 0 aliphatic heterocycles. The zero-order valence-electron chi connectivity index (χ0n) is 8.87. The molecular formula is C8H21NO3S. The van der Waals surface area contributed by atoms with E-state index in [-0.39, 0.29) is 5.54 Å². The van der Waals surface area contributed by atoms with Gasteiger partial charge in [-0.3, -0.25) is 8.74 Å². The summed E-state index contributed by atoms with van der Waals surface area (Å²) in [6, 6.07) is 0. The molecule has 0 aromatic rings. The summed E-state index contributed by atoms with van der Waals surface area (Å²) >= 11 is -2.07. The molecule has 0 saturated carbocycles. The van der Waals surface area contributed by atoms with E-state index in [0.29, 0.717) is 0 Å². The summed E-state index contributed by atoms with van der Waals surface area (Å²) in [6.07, 6.45) is 3.29. The Balaban J connectivity index is 0. The third-order valence-corrected chi connectivity index (χ3v) is 2.54. The van der Waals surface area contributed by atoms with Gasteiger partial charge in [-0.2, -0.15) is 4.21 Å². The van der Waals surface area contributed by atoms with E-state index in [1.165, 1.54) is 0 Å².